The highest BCUT2D eigenvalue weighted by atomic mass is 16.5. The minimum Gasteiger partial charge on any atom is -0.367 e. The van der Waals surface area contributed by atoms with Crippen molar-refractivity contribution in [2.75, 3.05) is 13.1 Å². The maximum atomic E-state index is 13.2. The number of rotatable bonds is 2. The predicted octanol–water partition coefficient (Wildman–Crippen LogP) is 4.44. The van der Waals surface area contributed by atoms with Gasteiger partial charge in [-0.05, 0) is 29.3 Å². The molecule has 25 heavy (non-hydrogen) atoms. The van der Waals surface area contributed by atoms with E-state index in [9.17, 15) is 4.79 Å². The minimum absolute atomic E-state index is 0.0119. The fourth-order valence-corrected chi connectivity index (χ4v) is 3.55. The number of amides is 1. The lowest BCUT2D eigenvalue weighted by atomic mass is 10.0. The summed E-state index contributed by atoms with van der Waals surface area (Å²) in [6.45, 7) is 3.22. The van der Waals surface area contributed by atoms with Gasteiger partial charge < -0.3 is 9.64 Å². The largest absolute Gasteiger partial charge is 0.367 e. The van der Waals surface area contributed by atoms with Gasteiger partial charge in [-0.15, -0.1) is 0 Å². The van der Waals surface area contributed by atoms with E-state index in [4.69, 9.17) is 4.74 Å². The van der Waals surface area contributed by atoms with E-state index in [0.29, 0.717) is 13.1 Å². The van der Waals surface area contributed by atoms with Crippen molar-refractivity contribution in [3.8, 4) is 0 Å². The Kier molecular flexibility index (Phi) is 4.24. The molecule has 0 saturated carbocycles. The molecule has 0 bridgehead atoms. The Hall–Kier alpha value is -2.65. The summed E-state index contributed by atoms with van der Waals surface area (Å²) in [5, 5.41) is 2.10. The van der Waals surface area contributed by atoms with Gasteiger partial charge in [0, 0.05) is 12.1 Å². The third-order valence-corrected chi connectivity index (χ3v) is 4.74. The van der Waals surface area contributed by atoms with Crippen molar-refractivity contribution >= 4 is 16.7 Å². The number of benzene rings is 3. The van der Waals surface area contributed by atoms with E-state index in [1.807, 2.05) is 72.5 Å². The van der Waals surface area contributed by atoms with Crippen LogP contribution in [0.15, 0.2) is 72.8 Å². The summed E-state index contributed by atoms with van der Waals surface area (Å²) < 4.78 is 6.08. The van der Waals surface area contributed by atoms with Crippen LogP contribution in [0.1, 0.15) is 28.9 Å². The first-order valence-electron chi connectivity index (χ1n) is 8.70. The Labute approximate surface area is 147 Å². The van der Waals surface area contributed by atoms with Gasteiger partial charge in [-0.25, -0.2) is 0 Å². The average molecular weight is 331 g/mol. The maximum absolute atomic E-state index is 13.2. The summed E-state index contributed by atoms with van der Waals surface area (Å²) in [5.41, 5.74) is 1.88. The van der Waals surface area contributed by atoms with Crippen molar-refractivity contribution in [1.29, 1.82) is 0 Å². The zero-order valence-electron chi connectivity index (χ0n) is 14.3. The molecule has 0 N–H and O–H groups in total. The van der Waals surface area contributed by atoms with E-state index >= 15 is 0 Å². The van der Waals surface area contributed by atoms with Crippen LogP contribution in [-0.2, 0) is 4.74 Å². The number of nitrogens with zero attached hydrogens (tertiary/aromatic N) is 1. The molecule has 0 radical (unpaired) electrons. The third-order valence-electron chi connectivity index (χ3n) is 4.74. The molecular weight excluding hydrogens is 310 g/mol. The molecule has 2 atom stereocenters. The van der Waals surface area contributed by atoms with Crippen LogP contribution >= 0.6 is 0 Å². The van der Waals surface area contributed by atoms with E-state index in [1.54, 1.807) is 0 Å². The lowest BCUT2D eigenvalue weighted by Crippen LogP contribution is -2.46. The molecule has 3 aromatic carbocycles. The minimum atomic E-state index is -0.0797. The number of carbonyl (C=O) groups excluding carboxylic acids is 1. The molecular formula is C22H21NO2. The Morgan fingerprint density at radius 3 is 2.48 bits per heavy atom. The third kappa shape index (κ3) is 3.15. The summed E-state index contributed by atoms with van der Waals surface area (Å²) in [5.74, 6) is 0.0767. The average Bonchev–Trinajstić information content (AvgIpc) is 2.67. The quantitative estimate of drug-likeness (QED) is 0.695. The molecule has 1 fully saturated rings. The van der Waals surface area contributed by atoms with Crippen molar-refractivity contribution in [2.24, 2.45) is 0 Å². The van der Waals surface area contributed by atoms with Crippen molar-refractivity contribution in [1.82, 2.24) is 4.90 Å². The second kappa shape index (κ2) is 6.69. The summed E-state index contributed by atoms with van der Waals surface area (Å²) in [4.78, 5) is 15.1. The molecule has 0 aromatic heterocycles. The van der Waals surface area contributed by atoms with Crippen molar-refractivity contribution in [3.05, 3.63) is 83.9 Å². The van der Waals surface area contributed by atoms with Crippen molar-refractivity contribution in [2.45, 2.75) is 19.1 Å². The molecule has 4 rings (SSSR count). The lowest BCUT2D eigenvalue weighted by Gasteiger charge is -2.37. The van der Waals surface area contributed by atoms with Gasteiger partial charge in [0.15, 0.2) is 0 Å². The Balaban J connectivity index is 1.65. The molecule has 0 aliphatic carbocycles. The molecule has 126 valence electrons. The predicted molar refractivity (Wildman–Crippen MR) is 99.6 cm³/mol. The smallest absolute Gasteiger partial charge is 0.254 e. The lowest BCUT2D eigenvalue weighted by molar-refractivity contribution is -0.0691. The van der Waals surface area contributed by atoms with Gasteiger partial charge in [0.05, 0.1) is 12.6 Å². The number of fused-ring (bicyclic) bond motifs is 1. The summed E-state index contributed by atoms with van der Waals surface area (Å²) >= 11 is 0. The number of morpholine rings is 1. The summed E-state index contributed by atoms with van der Waals surface area (Å²) in [7, 11) is 0. The van der Waals surface area contributed by atoms with E-state index < -0.39 is 0 Å². The van der Waals surface area contributed by atoms with E-state index in [-0.39, 0.29) is 18.1 Å². The van der Waals surface area contributed by atoms with E-state index in [1.165, 1.54) is 0 Å². The van der Waals surface area contributed by atoms with Crippen LogP contribution in [0.2, 0.25) is 0 Å². The number of hydrogen-bond acceptors (Lipinski definition) is 2. The first kappa shape index (κ1) is 15.9. The Morgan fingerprint density at radius 1 is 0.920 bits per heavy atom. The Morgan fingerprint density at radius 2 is 1.64 bits per heavy atom. The van der Waals surface area contributed by atoms with Gasteiger partial charge in [-0.1, -0.05) is 66.7 Å². The highest BCUT2D eigenvalue weighted by molar-refractivity contribution is 6.07. The van der Waals surface area contributed by atoms with Crippen LogP contribution in [0.25, 0.3) is 10.8 Å². The molecule has 0 spiro atoms. The normalized spacial score (nSPS) is 20.6. The monoisotopic (exact) mass is 331 g/mol. The van der Waals surface area contributed by atoms with Crippen LogP contribution < -0.4 is 0 Å². The first-order chi connectivity index (χ1) is 12.2. The second-order valence-electron chi connectivity index (χ2n) is 6.58. The molecule has 3 nitrogen and oxygen atoms in total. The van der Waals surface area contributed by atoms with Gasteiger partial charge in [-0.3, -0.25) is 4.79 Å². The highest BCUT2D eigenvalue weighted by Crippen LogP contribution is 2.27. The van der Waals surface area contributed by atoms with Crippen molar-refractivity contribution in [3.63, 3.8) is 0 Å². The van der Waals surface area contributed by atoms with Crippen LogP contribution in [0.5, 0.6) is 0 Å². The second-order valence-corrected chi connectivity index (χ2v) is 6.58. The highest BCUT2D eigenvalue weighted by Gasteiger charge is 2.30. The molecule has 1 aliphatic rings. The summed E-state index contributed by atoms with van der Waals surface area (Å²) in [6.07, 6.45) is -0.0678. The standard InChI is InChI=1S/C22H21NO2/c1-16-14-23(15-21(25-16)18-9-3-2-4-10-18)22(24)20-13-7-11-17-8-5-6-12-19(17)20/h2-13,16,21H,14-15H2,1H3. The van der Waals surface area contributed by atoms with Crippen LogP contribution in [0.3, 0.4) is 0 Å². The zero-order valence-corrected chi connectivity index (χ0v) is 14.3. The van der Waals surface area contributed by atoms with Gasteiger partial charge in [0.2, 0.25) is 0 Å². The molecule has 3 aromatic rings. The summed E-state index contributed by atoms with van der Waals surface area (Å²) in [6, 6.07) is 24.1. The van der Waals surface area contributed by atoms with E-state index in [0.717, 1.165) is 21.9 Å². The number of ether oxygens (including phenoxy) is 1. The van der Waals surface area contributed by atoms with Gasteiger partial charge in [0.25, 0.3) is 5.91 Å². The zero-order chi connectivity index (χ0) is 17.2. The fraction of sp³-hybridized carbons (Fsp3) is 0.227. The molecule has 1 aliphatic heterocycles. The van der Waals surface area contributed by atoms with Gasteiger partial charge in [-0.2, -0.15) is 0 Å². The van der Waals surface area contributed by atoms with E-state index in [2.05, 4.69) is 12.1 Å². The molecule has 1 heterocycles. The first-order valence-corrected chi connectivity index (χ1v) is 8.70. The van der Waals surface area contributed by atoms with Crippen LogP contribution in [0.4, 0.5) is 0 Å². The molecule has 2 unspecified atom stereocenters. The maximum Gasteiger partial charge on any atom is 0.254 e. The Bertz CT molecular complexity index is 885. The van der Waals surface area contributed by atoms with Gasteiger partial charge >= 0.3 is 0 Å². The number of hydrogen-bond donors (Lipinski definition) is 0. The molecule has 1 saturated heterocycles. The molecule has 3 heteroatoms. The fourth-order valence-electron chi connectivity index (χ4n) is 3.55. The topological polar surface area (TPSA) is 29.5 Å². The number of carbonyl (C=O) groups is 1. The van der Waals surface area contributed by atoms with Crippen molar-refractivity contribution < 1.29 is 9.53 Å². The van der Waals surface area contributed by atoms with Gasteiger partial charge in [0.1, 0.15) is 6.10 Å². The van der Waals surface area contributed by atoms with Crippen LogP contribution in [-0.4, -0.2) is 30.0 Å². The SMILES string of the molecule is CC1CN(C(=O)c2cccc3ccccc23)CC(c2ccccc2)O1. The van der Waals surface area contributed by atoms with Crippen LogP contribution in [0, 0.1) is 0 Å². The molecule has 1 amide bonds.